The highest BCUT2D eigenvalue weighted by Gasteiger charge is 2.44. The first-order chi connectivity index (χ1) is 7.69. The van der Waals surface area contributed by atoms with E-state index in [0.717, 1.165) is 10.0 Å². The molecule has 1 aromatic carbocycles. The molecule has 0 aromatic heterocycles. The highest BCUT2D eigenvalue weighted by atomic mass is 35.5. The number of rotatable bonds is 1. The highest BCUT2D eigenvalue weighted by molar-refractivity contribution is 6.35. The van der Waals surface area contributed by atoms with Gasteiger partial charge in [-0.2, -0.15) is 0 Å². The number of benzene rings is 1. The molecule has 1 saturated carbocycles. The number of halogens is 2. The molecule has 0 amide bonds. The van der Waals surface area contributed by atoms with Crippen LogP contribution in [0.3, 0.4) is 0 Å². The van der Waals surface area contributed by atoms with Crippen molar-refractivity contribution in [2.75, 3.05) is 13.1 Å². The van der Waals surface area contributed by atoms with Crippen molar-refractivity contribution in [3.05, 3.63) is 33.8 Å². The maximum atomic E-state index is 6.26. The lowest BCUT2D eigenvalue weighted by Crippen LogP contribution is -2.51. The largest absolute Gasteiger partial charge is 0.316 e. The minimum absolute atomic E-state index is 0.577. The summed E-state index contributed by atoms with van der Waals surface area (Å²) in [6.45, 7) is 2.38. The maximum Gasteiger partial charge on any atom is 0.0455 e. The van der Waals surface area contributed by atoms with Gasteiger partial charge in [-0.25, -0.2) is 0 Å². The Labute approximate surface area is 106 Å². The smallest absolute Gasteiger partial charge is 0.0455 e. The molecule has 3 heteroatoms. The van der Waals surface area contributed by atoms with E-state index in [4.69, 9.17) is 23.2 Å². The molecule has 1 N–H and O–H groups in total. The van der Waals surface area contributed by atoms with Gasteiger partial charge < -0.3 is 5.32 Å². The Morgan fingerprint density at radius 2 is 2.06 bits per heavy atom. The van der Waals surface area contributed by atoms with E-state index in [1.54, 1.807) is 0 Å². The molecule has 1 aromatic rings. The number of hydrogen-bond donors (Lipinski definition) is 1. The summed E-state index contributed by atoms with van der Waals surface area (Å²) in [5.41, 5.74) is 1.86. The molecule has 3 rings (SSSR count). The summed E-state index contributed by atoms with van der Waals surface area (Å²) in [7, 11) is 0. The molecule has 1 spiro atoms. The van der Waals surface area contributed by atoms with Crippen LogP contribution in [0.4, 0.5) is 0 Å². The number of nitrogens with one attached hydrogen (secondary N) is 1. The van der Waals surface area contributed by atoms with E-state index in [2.05, 4.69) is 11.4 Å². The monoisotopic (exact) mass is 255 g/mol. The fraction of sp³-hybridized carbons (Fsp3) is 0.538. The Kier molecular flexibility index (Phi) is 2.66. The zero-order chi connectivity index (χ0) is 11.2. The average molecular weight is 256 g/mol. The van der Waals surface area contributed by atoms with Crippen LogP contribution in [0.25, 0.3) is 0 Å². The zero-order valence-electron chi connectivity index (χ0n) is 9.10. The second-order valence-electron chi connectivity index (χ2n) is 5.21. The van der Waals surface area contributed by atoms with Gasteiger partial charge in [-0.15, -0.1) is 0 Å². The minimum atomic E-state index is 0.577. The van der Waals surface area contributed by atoms with E-state index in [0.29, 0.717) is 11.3 Å². The van der Waals surface area contributed by atoms with Gasteiger partial charge in [0.25, 0.3) is 0 Å². The zero-order valence-corrected chi connectivity index (χ0v) is 10.6. The van der Waals surface area contributed by atoms with Gasteiger partial charge in [-0.3, -0.25) is 0 Å². The first-order valence-corrected chi connectivity index (χ1v) is 6.60. The van der Waals surface area contributed by atoms with Crippen LogP contribution in [-0.2, 0) is 0 Å². The summed E-state index contributed by atoms with van der Waals surface area (Å²) in [6.07, 6.45) is 3.88. The molecule has 0 bridgehead atoms. The fourth-order valence-corrected chi connectivity index (χ4v) is 3.67. The standard InChI is InChI=1S/C13H15Cl2N/c14-10-1-2-11(12(15)5-10)9-3-4-13(6-9)7-16-8-13/h1-2,5,9,16H,3-4,6-8H2. The Bertz CT molecular complexity index is 412. The van der Waals surface area contributed by atoms with Crippen molar-refractivity contribution >= 4 is 23.2 Å². The third-order valence-electron chi connectivity index (χ3n) is 4.10. The van der Waals surface area contributed by atoms with Crippen LogP contribution >= 0.6 is 23.2 Å². The average Bonchev–Trinajstić information content (AvgIpc) is 2.62. The second kappa shape index (κ2) is 3.90. The normalized spacial score (nSPS) is 27.0. The van der Waals surface area contributed by atoms with Crippen molar-refractivity contribution in [2.24, 2.45) is 5.41 Å². The van der Waals surface area contributed by atoms with Crippen LogP contribution in [0.1, 0.15) is 30.7 Å². The van der Waals surface area contributed by atoms with Crippen molar-refractivity contribution in [3.8, 4) is 0 Å². The fourth-order valence-electron chi connectivity index (χ4n) is 3.10. The predicted octanol–water partition coefficient (Wildman–Crippen LogP) is 3.85. The van der Waals surface area contributed by atoms with Gasteiger partial charge in [0.1, 0.15) is 0 Å². The van der Waals surface area contributed by atoms with E-state index in [-0.39, 0.29) is 0 Å². The van der Waals surface area contributed by atoms with Crippen LogP contribution < -0.4 is 5.32 Å². The molecule has 1 aliphatic heterocycles. The minimum Gasteiger partial charge on any atom is -0.316 e. The molecule has 0 radical (unpaired) electrons. The van der Waals surface area contributed by atoms with E-state index < -0.39 is 0 Å². The first-order valence-electron chi connectivity index (χ1n) is 5.84. The SMILES string of the molecule is Clc1ccc(C2CCC3(CNC3)C2)c(Cl)c1. The molecule has 16 heavy (non-hydrogen) atoms. The Balaban J connectivity index is 1.83. The van der Waals surface area contributed by atoms with Crippen molar-refractivity contribution in [1.29, 1.82) is 0 Å². The highest BCUT2D eigenvalue weighted by Crippen LogP contribution is 2.50. The van der Waals surface area contributed by atoms with Gasteiger partial charge >= 0.3 is 0 Å². The van der Waals surface area contributed by atoms with Gasteiger partial charge in [-0.1, -0.05) is 29.3 Å². The number of hydrogen-bond acceptors (Lipinski definition) is 1. The van der Waals surface area contributed by atoms with Crippen molar-refractivity contribution in [1.82, 2.24) is 5.32 Å². The van der Waals surface area contributed by atoms with Crippen LogP contribution in [0.5, 0.6) is 0 Å². The lowest BCUT2D eigenvalue weighted by atomic mass is 9.79. The predicted molar refractivity (Wildman–Crippen MR) is 68.4 cm³/mol. The first kappa shape index (κ1) is 10.9. The van der Waals surface area contributed by atoms with Crippen LogP contribution in [-0.4, -0.2) is 13.1 Å². The molecule has 2 aliphatic rings. The molecule has 1 heterocycles. The van der Waals surface area contributed by atoms with Crippen molar-refractivity contribution in [2.45, 2.75) is 25.2 Å². The molecule has 1 aliphatic carbocycles. The second-order valence-corrected chi connectivity index (χ2v) is 6.05. The van der Waals surface area contributed by atoms with E-state index >= 15 is 0 Å². The lowest BCUT2D eigenvalue weighted by molar-refractivity contribution is 0.175. The summed E-state index contributed by atoms with van der Waals surface area (Å²) in [6, 6.07) is 5.91. The van der Waals surface area contributed by atoms with E-state index in [9.17, 15) is 0 Å². The van der Waals surface area contributed by atoms with Crippen molar-refractivity contribution in [3.63, 3.8) is 0 Å². The summed E-state index contributed by atoms with van der Waals surface area (Å²) >= 11 is 12.2. The molecule has 1 saturated heterocycles. The Morgan fingerprint density at radius 3 is 2.62 bits per heavy atom. The third-order valence-corrected chi connectivity index (χ3v) is 4.67. The Hall–Kier alpha value is -0.240. The van der Waals surface area contributed by atoms with Crippen LogP contribution in [0.15, 0.2) is 18.2 Å². The van der Waals surface area contributed by atoms with Gasteiger partial charge in [0.05, 0.1) is 0 Å². The molecule has 86 valence electrons. The Morgan fingerprint density at radius 1 is 1.25 bits per heavy atom. The molecule has 1 unspecified atom stereocenters. The summed E-state index contributed by atoms with van der Waals surface area (Å²) in [4.78, 5) is 0. The molecule has 1 atom stereocenters. The summed E-state index contributed by atoms with van der Waals surface area (Å²) in [5.74, 6) is 0.631. The third kappa shape index (κ3) is 1.75. The van der Waals surface area contributed by atoms with Crippen molar-refractivity contribution < 1.29 is 0 Å². The molecule has 2 fully saturated rings. The van der Waals surface area contributed by atoms with Crippen LogP contribution in [0.2, 0.25) is 10.0 Å². The summed E-state index contributed by atoms with van der Waals surface area (Å²) < 4.78 is 0. The van der Waals surface area contributed by atoms with Gasteiger partial charge in [-0.05, 0) is 48.3 Å². The van der Waals surface area contributed by atoms with Gasteiger partial charge in [0.2, 0.25) is 0 Å². The van der Waals surface area contributed by atoms with Gasteiger partial charge in [0.15, 0.2) is 0 Å². The quantitative estimate of drug-likeness (QED) is 0.804. The van der Waals surface area contributed by atoms with E-state index in [1.807, 2.05) is 12.1 Å². The lowest BCUT2D eigenvalue weighted by Gasteiger charge is -2.39. The molecular weight excluding hydrogens is 241 g/mol. The van der Waals surface area contributed by atoms with Gasteiger partial charge in [0, 0.05) is 23.1 Å². The molecular formula is C13H15Cl2N. The summed E-state index contributed by atoms with van der Waals surface area (Å²) in [5, 5.41) is 4.95. The van der Waals surface area contributed by atoms with E-state index in [1.165, 1.54) is 37.9 Å². The van der Waals surface area contributed by atoms with Crippen LogP contribution in [0, 0.1) is 5.41 Å². The maximum absolute atomic E-state index is 6.26. The molecule has 1 nitrogen and oxygen atoms in total. The topological polar surface area (TPSA) is 12.0 Å².